The first-order valence-corrected chi connectivity index (χ1v) is 7.70. The largest absolute Gasteiger partial charge is 0.465 e. The molecule has 0 aliphatic heterocycles. The van der Waals surface area contributed by atoms with Gasteiger partial charge in [0.2, 0.25) is 0 Å². The molecule has 0 saturated heterocycles. The summed E-state index contributed by atoms with van der Waals surface area (Å²) in [5, 5.41) is 4.67. The van der Waals surface area contributed by atoms with Crippen molar-refractivity contribution in [3.63, 3.8) is 0 Å². The third-order valence-corrected chi connectivity index (χ3v) is 3.75. The van der Waals surface area contributed by atoms with Crippen molar-refractivity contribution >= 4 is 23.2 Å². The highest BCUT2D eigenvalue weighted by Gasteiger charge is 2.26. The monoisotopic (exact) mass is 329 g/mol. The van der Waals surface area contributed by atoms with Crippen LogP contribution in [-0.2, 0) is 4.74 Å². The molecule has 5 nitrogen and oxygen atoms in total. The van der Waals surface area contributed by atoms with Gasteiger partial charge >= 0.3 is 5.97 Å². The van der Waals surface area contributed by atoms with E-state index in [1.165, 1.54) is 25.5 Å². The van der Waals surface area contributed by atoms with Crippen LogP contribution in [0.4, 0.5) is 0 Å². The summed E-state index contributed by atoms with van der Waals surface area (Å²) < 4.78 is 6.24. The average molecular weight is 330 g/mol. The van der Waals surface area contributed by atoms with Crippen LogP contribution in [-0.4, -0.2) is 27.7 Å². The number of benzene rings is 1. The summed E-state index contributed by atoms with van der Waals surface area (Å²) >= 11 is 5.89. The molecule has 0 radical (unpaired) electrons. The summed E-state index contributed by atoms with van der Waals surface area (Å²) in [6.07, 6.45) is 6.09. The van der Waals surface area contributed by atoms with Gasteiger partial charge in [0.05, 0.1) is 12.7 Å². The number of hydrogen-bond donors (Lipinski definition) is 0. The zero-order valence-corrected chi connectivity index (χ0v) is 13.4. The summed E-state index contributed by atoms with van der Waals surface area (Å²) in [6.45, 7) is 0. The van der Waals surface area contributed by atoms with Crippen molar-refractivity contribution in [1.82, 2.24) is 14.6 Å². The van der Waals surface area contributed by atoms with Crippen LogP contribution in [0.5, 0.6) is 0 Å². The molecule has 23 heavy (non-hydrogen) atoms. The smallest absolute Gasteiger partial charge is 0.337 e. The van der Waals surface area contributed by atoms with E-state index in [2.05, 4.69) is 14.8 Å². The number of nitrogens with zero attached hydrogens (tertiary/aromatic N) is 3. The fourth-order valence-electron chi connectivity index (χ4n) is 2.30. The van der Waals surface area contributed by atoms with Crippen LogP contribution in [0.1, 0.15) is 34.7 Å². The molecule has 4 rings (SSSR count). The van der Waals surface area contributed by atoms with Crippen molar-refractivity contribution in [3.05, 3.63) is 65.1 Å². The molecule has 118 valence electrons. The van der Waals surface area contributed by atoms with E-state index in [1.807, 2.05) is 18.3 Å². The van der Waals surface area contributed by atoms with Gasteiger partial charge in [-0.25, -0.2) is 14.3 Å². The Morgan fingerprint density at radius 3 is 2.70 bits per heavy atom. The Bertz CT molecular complexity index is 813. The summed E-state index contributed by atoms with van der Waals surface area (Å²) in [5.41, 5.74) is 2.78. The number of carbonyl (C=O) groups is 1. The maximum atomic E-state index is 10.8. The van der Waals surface area contributed by atoms with Crippen molar-refractivity contribution in [3.8, 4) is 0 Å². The van der Waals surface area contributed by atoms with Crippen molar-refractivity contribution in [2.75, 3.05) is 7.11 Å². The minimum Gasteiger partial charge on any atom is -0.465 e. The fraction of sp³-hybridized carbons (Fsp3) is 0.235. The number of esters is 1. The van der Waals surface area contributed by atoms with E-state index in [4.69, 9.17) is 11.6 Å². The average Bonchev–Trinajstić information content (AvgIpc) is 3.33. The standard InChI is InChI=1S/C9H8ClN3.C8H8O2/c10-8-5-7(6-1-2-6)9-11-3-4-13(9)12-8;1-10-8(9)7-5-3-2-4-6-7/h3-6H,1-2H2;2-6H,1H3. The van der Waals surface area contributed by atoms with Crippen LogP contribution in [0.2, 0.25) is 5.15 Å². The normalized spacial score (nSPS) is 13.3. The molecule has 6 heteroatoms. The first-order chi connectivity index (χ1) is 11.2. The number of halogens is 1. The van der Waals surface area contributed by atoms with Crippen LogP contribution in [0, 0.1) is 0 Å². The molecule has 0 amide bonds. The minimum absolute atomic E-state index is 0.291. The molecule has 3 aromatic rings. The van der Waals surface area contributed by atoms with Gasteiger partial charge in [0.15, 0.2) is 5.65 Å². The molecular weight excluding hydrogens is 314 g/mol. The molecule has 1 aromatic carbocycles. The highest BCUT2D eigenvalue weighted by molar-refractivity contribution is 6.29. The summed E-state index contributed by atoms with van der Waals surface area (Å²) in [4.78, 5) is 15.1. The van der Waals surface area contributed by atoms with E-state index in [0.717, 1.165) is 5.65 Å². The quantitative estimate of drug-likeness (QED) is 0.672. The molecule has 1 aliphatic carbocycles. The summed E-state index contributed by atoms with van der Waals surface area (Å²) in [5.74, 6) is 0.367. The molecule has 0 unspecified atom stereocenters. The highest BCUT2D eigenvalue weighted by atomic mass is 35.5. The Morgan fingerprint density at radius 1 is 1.30 bits per heavy atom. The van der Waals surface area contributed by atoms with Crippen molar-refractivity contribution < 1.29 is 9.53 Å². The molecule has 0 N–H and O–H groups in total. The number of hydrogen-bond acceptors (Lipinski definition) is 4. The summed E-state index contributed by atoms with van der Waals surface area (Å²) in [6, 6.07) is 10.8. The first kappa shape index (κ1) is 15.5. The topological polar surface area (TPSA) is 56.5 Å². The Morgan fingerprint density at radius 2 is 2.04 bits per heavy atom. The second kappa shape index (κ2) is 6.79. The summed E-state index contributed by atoms with van der Waals surface area (Å²) in [7, 11) is 1.37. The van der Waals surface area contributed by atoms with E-state index in [-0.39, 0.29) is 5.97 Å². The van der Waals surface area contributed by atoms with Gasteiger partial charge in [0.25, 0.3) is 0 Å². The predicted octanol–water partition coefficient (Wildman–Crippen LogP) is 3.73. The molecule has 0 bridgehead atoms. The number of carbonyl (C=O) groups excluding carboxylic acids is 1. The molecule has 1 aliphatic rings. The van der Waals surface area contributed by atoms with E-state index >= 15 is 0 Å². The van der Waals surface area contributed by atoms with E-state index in [9.17, 15) is 4.79 Å². The number of fused-ring (bicyclic) bond motifs is 1. The number of aromatic nitrogens is 3. The molecular formula is C17H16ClN3O2. The predicted molar refractivity (Wildman–Crippen MR) is 87.8 cm³/mol. The van der Waals surface area contributed by atoms with Crippen LogP contribution in [0.15, 0.2) is 48.8 Å². The number of methoxy groups -OCH3 is 1. The van der Waals surface area contributed by atoms with E-state index in [0.29, 0.717) is 16.6 Å². The minimum atomic E-state index is -0.291. The fourth-order valence-corrected chi connectivity index (χ4v) is 2.49. The zero-order valence-electron chi connectivity index (χ0n) is 12.6. The molecule has 1 fully saturated rings. The van der Waals surface area contributed by atoms with Crippen molar-refractivity contribution in [2.45, 2.75) is 18.8 Å². The molecule has 0 spiro atoms. The second-order valence-corrected chi connectivity index (χ2v) is 5.64. The van der Waals surface area contributed by atoms with Gasteiger partial charge in [-0.2, -0.15) is 5.10 Å². The molecule has 0 atom stereocenters. The van der Waals surface area contributed by atoms with Gasteiger partial charge in [0.1, 0.15) is 5.15 Å². The molecule has 1 saturated carbocycles. The SMILES string of the molecule is COC(=O)c1ccccc1.Clc1cc(C2CC2)c2nccn2n1. The lowest BCUT2D eigenvalue weighted by molar-refractivity contribution is 0.0600. The van der Waals surface area contributed by atoms with Gasteiger partial charge in [-0.05, 0) is 37.0 Å². The van der Waals surface area contributed by atoms with Crippen LogP contribution in [0.25, 0.3) is 5.65 Å². The Labute approximate surface area is 138 Å². The lowest BCUT2D eigenvalue weighted by Gasteiger charge is -2.00. The third-order valence-electron chi connectivity index (χ3n) is 3.57. The van der Waals surface area contributed by atoms with E-state index in [1.54, 1.807) is 35.0 Å². The third kappa shape index (κ3) is 3.68. The second-order valence-electron chi connectivity index (χ2n) is 5.25. The lowest BCUT2D eigenvalue weighted by atomic mass is 10.2. The zero-order chi connectivity index (χ0) is 16.2. The van der Waals surface area contributed by atoms with Crippen molar-refractivity contribution in [2.24, 2.45) is 0 Å². The highest BCUT2D eigenvalue weighted by Crippen LogP contribution is 2.41. The Kier molecular flexibility index (Phi) is 4.57. The number of imidazole rings is 1. The maximum Gasteiger partial charge on any atom is 0.337 e. The van der Waals surface area contributed by atoms with Crippen LogP contribution in [0.3, 0.4) is 0 Å². The Hall–Kier alpha value is -2.40. The Balaban J connectivity index is 0.000000142. The van der Waals surface area contributed by atoms with Crippen molar-refractivity contribution in [1.29, 1.82) is 0 Å². The van der Waals surface area contributed by atoms with Gasteiger partial charge in [-0.3, -0.25) is 0 Å². The van der Waals surface area contributed by atoms with Gasteiger partial charge in [0, 0.05) is 18.0 Å². The molecule has 2 heterocycles. The maximum absolute atomic E-state index is 10.8. The number of rotatable bonds is 2. The lowest BCUT2D eigenvalue weighted by Crippen LogP contribution is -1.99. The molecule has 2 aromatic heterocycles. The van der Waals surface area contributed by atoms with Gasteiger partial charge < -0.3 is 4.74 Å². The first-order valence-electron chi connectivity index (χ1n) is 7.32. The van der Waals surface area contributed by atoms with Crippen LogP contribution >= 0.6 is 11.6 Å². The van der Waals surface area contributed by atoms with Gasteiger partial charge in [-0.1, -0.05) is 29.8 Å². The van der Waals surface area contributed by atoms with Gasteiger partial charge in [-0.15, -0.1) is 0 Å². The number of ether oxygens (including phenoxy) is 1. The van der Waals surface area contributed by atoms with Crippen LogP contribution < -0.4 is 0 Å². The van der Waals surface area contributed by atoms with E-state index < -0.39 is 0 Å².